The summed E-state index contributed by atoms with van der Waals surface area (Å²) in [4.78, 5) is 12.6. The number of rotatable bonds is 4. The smallest absolute Gasteiger partial charge is 0.226 e. The summed E-state index contributed by atoms with van der Waals surface area (Å²) < 4.78 is 5.46. The second kappa shape index (κ2) is 7.18. The van der Waals surface area contributed by atoms with Gasteiger partial charge < -0.3 is 9.84 Å². The van der Waals surface area contributed by atoms with Gasteiger partial charge in [-0.2, -0.15) is 0 Å². The number of benzene rings is 2. The van der Waals surface area contributed by atoms with E-state index in [9.17, 15) is 4.79 Å². The molecule has 0 radical (unpaired) electrons. The average Bonchev–Trinajstić information content (AvgIpc) is 3.04. The first-order valence-electron chi connectivity index (χ1n) is 9.78. The summed E-state index contributed by atoms with van der Waals surface area (Å²) in [6.45, 7) is 6.08. The molecule has 1 unspecified atom stereocenters. The lowest BCUT2D eigenvalue weighted by Crippen LogP contribution is -2.28. The van der Waals surface area contributed by atoms with Gasteiger partial charge >= 0.3 is 0 Å². The van der Waals surface area contributed by atoms with Gasteiger partial charge in [-0.3, -0.25) is 4.79 Å². The molecular weight excluding hydrogens is 336 g/mol. The summed E-state index contributed by atoms with van der Waals surface area (Å²) >= 11 is 0. The van der Waals surface area contributed by atoms with Crippen molar-refractivity contribution in [3.05, 3.63) is 63.8 Å². The van der Waals surface area contributed by atoms with Crippen LogP contribution < -0.4 is 5.32 Å². The highest BCUT2D eigenvalue weighted by atomic mass is 16.5. The number of nitrogens with zero attached hydrogens (tertiary/aromatic N) is 1. The van der Waals surface area contributed by atoms with Gasteiger partial charge in [-0.15, -0.1) is 0 Å². The fourth-order valence-corrected chi connectivity index (χ4v) is 4.12. The second-order valence-electron chi connectivity index (χ2n) is 7.79. The first-order valence-corrected chi connectivity index (χ1v) is 9.78. The number of hydrogen-bond acceptors (Lipinski definition) is 3. The van der Waals surface area contributed by atoms with Gasteiger partial charge in [0, 0.05) is 5.39 Å². The van der Waals surface area contributed by atoms with Crippen LogP contribution in [-0.4, -0.2) is 11.1 Å². The van der Waals surface area contributed by atoms with E-state index in [2.05, 4.69) is 34.7 Å². The second-order valence-corrected chi connectivity index (χ2v) is 7.79. The topological polar surface area (TPSA) is 55.1 Å². The zero-order chi connectivity index (χ0) is 19.0. The van der Waals surface area contributed by atoms with Crippen molar-refractivity contribution in [3.63, 3.8) is 0 Å². The Balaban J connectivity index is 1.48. The Morgan fingerprint density at radius 3 is 2.74 bits per heavy atom. The minimum absolute atomic E-state index is 0.0219. The van der Waals surface area contributed by atoms with Gasteiger partial charge in [0.1, 0.15) is 5.69 Å². The highest BCUT2D eigenvalue weighted by Crippen LogP contribution is 2.26. The van der Waals surface area contributed by atoms with E-state index < -0.39 is 0 Å². The van der Waals surface area contributed by atoms with Gasteiger partial charge in [0.05, 0.1) is 12.5 Å². The quantitative estimate of drug-likeness (QED) is 0.729. The van der Waals surface area contributed by atoms with E-state index in [0.29, 0.717) is 5.69 Å². The van der Waals surface area contributed by atoms with Crippen molar-refractivity contribution in [1.29, 1.82) is 0 Å². The van der Waals surface area contributed by atoms with Crippen LogP contribution in [0.4, 0.5) is 0 Å². The van der Waals surface area contributed by atoms with Gasteiger partial charge in [-0.25, -0.2) is 0 Å². The molecule has 1 amide bonds. The van der Waals surface area contributed by atoms with Gasteiger partial charge in [-0.05, 0) is 80.3 Å². The molecule has 140 valence electrons. The molecule has 1 aliphatic carbocycles. The van der Waals surface area contributed by atoms with Crippen LogP contribution in [0.5, 0.6) is 0 Å². The average molecular weight is 362 g/mol. The first-order chi connectivity index (χ1) is 13.0. The fraction of sp³-hybridized carbons (Fsp3) is 0.391. The SMILES string of the molecule is Cc1cc(C)c2onc(CC(=O)NC(C)c3ccc4c(c3)CCCC4)c2c1. The number of aromatic nitrogens is 1. The standard InChI is InChI=1S/C23H26N2O2/c1-14-10-15(2)23-20(11-14)21(25-27-23)13-22(26)24-16(3)18-9-8-17-6-4-5-7-19(17)12-18/h8-12,16H,4-7,13H2,1-3H3,(H,24,26). The van der Waals surface area contributed by atoms with Crippen molar-refractivity contribution in [3.8, 4) is 0 Å². The lowest BCUT2D eigenvalue weighted by molar-refractivity contribution is -0.121. The number of fused-ring (bicyclic) bond motifs is 2. The maximum atomic E-state index is 12.6. The molecule has 1 N–H and O–H groups in total. The first kappa shape index (κ1) is 17.8. The van der Waals surface area contributed by atoms with Crippen molar-refractivity contribution >= 4 is 16.9 Å². The molecule has 0 saturated carbocycles. The van der Waals surface area contributed by atoms with Gasteiger partial charge in [-0.1, -0.05) is 29.4 Å². The molecule has 4 heteroatoms. The van der Waals surface area contributed by atoms with Crippen LogP contribution >= 0.6 is 0 Å². The number of carbonyl (C=O) groups is 1. The van der Waals surface area contributed by atoms with Gasteiger partial charge in [0.2, 0.25) is 5.91 Å². The molecule has 27 heavy (non-hydrogen) atoms. The molecule has 0 bridgehead atoms. The molecule has 0 fully saturated rings. The molecule has 1 aliphatic rings. The number of nitrogens with one attached hydrogen (secondary N) is 1. The molecule has 4 nitrogen and oxygen atoms in total. The maximum Gasteiger partial charge on any atom is 0.226 e. The van der Waals surface area contributed by atoms with Crippen LogP contribution in [0.2, 0.25) is 0 Å². The van der Waals surface area contributed by atoms with E-state index in [4.69, 9.17) is 4.52 Å². The monoisotopic (exact) mass is 362 g/mol. The molecule has 2 aromatic carbocycles. The highest BCUT2D eigenvalue weighted by Gasteiger charge is 2.17. The summed E-state index contributed by atoms with van der Waals surface area (Å²) in [5.41, 5.74) is 7.73. The minimum Gasteiger partial charge on any atom is -0.356 e. The van der Waals surface area contributed by atoms with E-state index in [-0.39, 0.29) is 18.4 Å². The lowest BCUT2D eigenvalue weighted by atomic mass is 9.89. The predicted octanol–water partition coefficient (Wildman–Crippen LogP) is 4.74. The van der Waals surface area contributed by atoms with E-state index >= 15 is 0 Å². The van der Waals surface area contributed by atoms with Crippen LogP contribution in [-0.2, 0) is 24.1 Å². The van der Waals surface area contributed by atoms with Crippen LogP contribution in [0.15, 0.2) is 34.9 Å². The van der Waals surface area contributed by atoms with Crippen molar-refractivity contribution < 1.29 is 9.32 Å². The summed E-state index contributed by atoms with van der Waals surface area (Å²) in [6.07, 6.45) is 5.09. The van der Waals surface area contributed by atoms with Crippen LogP contribution in [0.1, 0.15) is 59.3 Å². The van der Waals surface area contributed by atoms with Crippen LogP contribution in [0.25, 0.3) is 11.0 Å². The van der Waals surface area contributed by atoms with Crippen LogP contribution in [0.3, 0.4) is 0 Å². The number of aryl methyl sites for hydroxylation is 4. The largest absolute Gasteiger partial charge is 0.356 e. The normalized spacial score (nSPS) is 14.8. The molecule has 0 aliphatic heterocycles. The van der Waals surface area contributed by atoms with E-state index in [1.54, 1.807) is 0 Å². The third kappa shape index (κ3) is 3.61. The third-order valence-electron chi connectivity index (χ3n) is 5.56. The fourth-order valence-electron chi connectivity index (χ4n) is 4.12. The van der Waals surface area contributed by atoms with Crippen molar-refractivity contribution in [2.75, 3.05) is 0 Å². The van der Waals surface area contributed by atoms with Crippen molar-refractivity contribution in [1.82, 2.24) is 10.5 Å². The summed E-state index contributed by atoms with van der Waals surface area (Å²) in [7, 11) is 0. The van der Waals surface area contributed by atoms with Crippen molar-refractivity contribution in [2.24, 2.45) is 0 Å². The van der Waals surface area contributed by atoms with Crippen molar-refractivity contribution in [2.45, 2.75) is 58.9 Å². The Morgan fingerprint density at radius 1 is 1.15 bits per heavy atom. The molecule has 0 saturated heterocycles. The van der Waals surface area contributed by atoms with Gasteiger partial charge in [0.15, 0.2) is 5.58 Å². The molecule has 1 atom stereocenters. The number of hydrogen-bond donors (Lipinski definition) is 1. The zero-order valence-corrected chi connectivity index (χ0v) is 16.3. The Morgan fingerprint density at radius 2 is 1.93 bits per heavy atom. The van der Waals surface area contributed by atoms with E-state index in [0.717, 1.165) is 28.5 Å². The minimum atomic E-state index is -0.0328. The third-order valence-corrected chi connectivity index (χ3v) is 5.56. The predicted molar refractivity (Wildman–Crippen MR) is 107 cm³/mol. The molecule has 3 aromatic rings. The van der Waals surface area contributed by atoms with Gasteiger partial charge in [0.25, 0.3) is 0 Å². The Kier molecular flexibility index (Phi) is 4.73. The molecule has 4 rings (SSSR count). The van der Waals surface area contributed by atoms with Crippen LogP contribution in [0, 0.1) is 13.8 Å². The lowest BCUT2D eigenvalue weighted by Gasteiger charge is -2.20. The number of carbonyl (C=O) groups excluding carboxylic acids is 1. The maximum absolute atomic E-state index is 12.6. The molecule has 1 aromatic heterocycles. The highest BCUT2D eigenvalue weighted by molar-refractivity contribution is 5.88. The zero-order valence-electron chi connectivity index (χ0n) is 16.3. The molecular formula is C23H26N2O2. The Labute approximate surface area is 159 Å². The summed E-state index contributed by atoms with van der Waals surface area (Å²) in [5.74, 6) is -0.0328. The molecule has 0 spiro atoms. The van der Waals surface area contributed by atoms with E-state index in [1.807, 2.05) is 26.8 Å². The Hall–Kier alpha value is -2.62. The summed E-state index contributed by atoms with van der Waals surface area (Å²) in [6, 6.07) is 10.7. The summed E-state index contributed by atoms with van der Waals surface area (Å²) in [5, 5.41) is 8.19. The molecule has 1 heterocycles. The Bertz CT molecular complexity index is 1000. The number of amides is 1. The van der Waals surface area contributed by atoms with E-state index in [1.165, 1.54) is 36.0 Å².